The number of para-hydroxylation sites is 1. The third kappa shape index (κ3) is 6.82. The van der Waals surface area contributed by atoms with Crippen molar-refractivity contribution in [2.75, 3.05) is 25.0 Å². The molecule has 0 aliphatic rings. The van der Waals surface area contributed by atoms with E-state index < -0.39 is 18.0 Å². The maximum absolute atomic E-state index is 12.2. The van der Waals surface area contributed by atoms with Crippen LogP contribution < -0.4 is 10.6 Å². The highest BCUT2D eigenvalue weighted by Gasteiger charge is 2.26. The molecule has 0 spiro atoms. The van der Waals surface area contributed by atoms with Gasteiger partial charge in [0.25, 0.3) is 5.91 Å². The number of hydrogen-bond acceptors (Lipinski definition) is 4. The molecule has 1 aromatic carbocycles. The Balaban J connectivity index is 2.59. The van der Waals surface area contributed by atoms with E-state index in [-0.39, 0.29) is 18.4 Å². The predicted molar refractivity (Wildman–Crippen MR) is 96.1 cm³/mol. The van der Waals surface area contributed by atoms with Crippen molar-refractivity contribution in [1.29, 1.82) is 0 Å². The first kappa shape index (κ1) is 20.5. The van der Waals surface area contributed by atoms with Gasteiger partial charge >= 0.3 is 12.0 Å². The van der Waals surface area contributed by atoms with Crippen molar-refractivity contribution in [2.24, 2.45) is 5.92 Å². The third-order valence-electron chi connectivity index (χ3n) is 3.69. The molecule has 138 valence electrons. The molecule has 0 aromatic heterocycles. The van der Waals surface area contributed by atoms with Crippen molar-refractivity contribution in [1.82, 2.24) is 10.2 Å². The van der Waals surface area contributed by atoms with Crippen molar-refractivity contribution in [2.45, 2.75) is 33.7 Å². The summed E-state index contributed by atoms with van der Waals surface area (Å²) in [4.78, 5) is 37.8. The van der Waals surface area contributed by atoms with Crippen LogP contribution in [0.1, 0.15) is 27.7 Å². The average Bonchev–Trinajstić information content (AvgIpc) is 2.59. The van der Waals surface area contributed by atoms with E-state index in [0.29, 0.717) is 18.8 Å². The Bertz CT molecular complexity index is 571. The molecular formula is C18H27N3O4. The summed E-state index contributed by atoms with van der Waals surface area (Å²) in [5.41, 5.74) is 0.618. The van der Waals surface area contributed by atoms with Crippen LogP contribution in [0.5, 0.6) is 0 Å². The Morgan fingerprint density at radius 1 is 1.08 bits per heavy atom. The van der Waals surface area contributed by atoms with Crippen LogP contribution in [0.4, 0.5) is 10.5 Å². The van der Waals surface area contributed by atoms with Crippen LogP contribution >= 0.6 is 0 Å². The quantitative estimate of drug-likeness (QED) is 0.705. The number of esters is 1. The van der Waals surface area contributed by atoms with Crippen LogP contribution in [-0.2, 0) is 14.3 Å². The van der Waals surface area contributed by atoms with Gasteiger partial charge in [-0.15, -0.1) is 0 Å². The van der Waals surface area contributed by atoms with E-state index in [1.807, 2.05) is 19.9 Å². The summed E-state index contributed by atoms with van der Waals surface area (Å²) in [5.74, 6) is -1.06. The molecule has 0 radical (unpaired) electrons. The fourth-order valence-corrected chi connectivity index (χ4v) is 2.22. The first-order valence-electron chi connectivity index (χ1n) is 8.46. The number of nitrogens with one attached hydrogen (secondary N) is 2. The molecule has 0 aliphatic heterocycles. The Kier molecular flexibility index (Phi) is 8.46. The molecule has 0 saturated carbocycles. The van der Waals surface area contributed by atoms with Gasteiger partial charge < -0.3 is 20.3 Å². The average molecular weight is 349 g/mol. The number of hydrogen-bond donors (Lipinski definition) is 2. The smallest absolute Gasteiger partial charge is 0.329 e. The Morgan fingerprint density at radius 3 is 2.20 bits per heavy atom. The molecule has 0 heterocycles. The van der Waals surface area contributed by atoms with Gasteiger partial charge in [0, 0.05) is 18.8 Å². The number of nitrogens with zero attached hydrogens (tertiary/aromatic N) is 1. The molecule has 2 N–H and O–H groups in total. The molecule has 0 saturated heterocycles. The van der Waals surface area contributed by atoms with E-state index in [4.69, 9.17) is 4.74 Å². The SMILES string of the molecule is CCN(CC)C(=O)COC(=O)[C@H](NC(=O)Nc1ccccc1)C(C)C. The summed E-state index contributed by atoms with van der Waals surface area (Å²) >= 11 is 0. The molecule has 0 fully saturated rings. The number of rotatable bonds is 8. The number of benzene rings is 1. The fraction of sp³-hybridized carbons (Fsp3) is 0.500. The molecule has 3 amide bonds. The largest absolute Gasteiger partial charge is 0.454 e. The lowest BCUT2D eigenvalue weighted by atomic mass is 10.1. The molecule has 0 aliphatic carbocycles. The van der Waals surface area contributed by atoms with Crippen LogP contribution in [0.2, 0.25) is 0 Å². The Morgan fingerprint density at radius 2 is 1.68 bits per heavy atom. The molecule has 0 bridgehead atoms. The maximum atomic E-state index is 12.2. The molecule has 25 heavy (non-hydrogen) atoms. The summed E-state index contributed by atoms with van der Waals surface area (Å²) in [6.07, 6.45) is 0. The van der Waals surface area contributed by atoms with Crippen LogP contribution in [0.15, 0.2) is 30.3 Å². The van der Waals surface area contributed by atoms with Gasteiger partial charge in [-0.3, -0.25) is 4.79 Å². The van der Waals surface area contributed by atoms with Crippen molar-refractivity contribution >= 4 is 23.6 Å². The number of carbonyl (C=O) groups excluding carboxylic acids is 3. The predicted octanol–water partition coefficient (Wildman–Crippen LogP) is 2.24. The minimum absolute atomic E-state index is 0.183. The second-order valence-corrected chi connectivity index (χ2v) is 5.86. The summed E-state index contributed by atoms with van der Waals surface area (Å²) in [6.45, 7) is 8.08. The summed E-state index contributed by atoms with van der Waals surface area (Å²) < 4.78 is 5.09. The van der Waals surface area contributed by atoms with Crippen LogP contribution in [0.3, 0.4) is 0 Å². The topological polar surface area (TPSA) is 87.7 Å². The number of anilines is 1. The van der Waals surface area contributed by atoms with Gasteiger partial charge in [-0.25, -0.2) is 9.59 Å². The number of urea groups is 1. The van der Waals surface area contributed by atoms with Crippen LogP contribution in [-0.4, -0.2) is 48.5 Å². The van der Waals surface area contributed by atoms with Crippen molar-refractivity contribution in [3.63, 3.8) is 0 Å². The lowest BCUT2D eigenvalue weighted by molar-refractivity contribution is -0.154. The number of ether oxygens (including phenoxy) is 1. The molecule has 1 atom stereocenters. The highest BCUT2D eigenvalue weighted by Crippen LogP contribution is 2.08. The molecule has 7 nitrogen and oxygen atoms in total. The van der Waals surface area contributed by atoms with E-state index in [1.54, 1.807) is 43.0 Å². The second-order valence-electron chi connectivity index (χ2n) is 5.86. The molecule has 1 aromatic rings. The number of likely N-dealkylation sites (N-methyl/N-ethyl adjacent to an activating group) is 1. The summed E-state index contributed by atoms with van der Waals surface area (Å²) in [7, 11) is 0. The van der Waals surface area contributed by atoms with Crippen molar-refractivity contribution in [3.8, 4) is 0 Å². The lowest BCUT2D eigenvalue weighted by Crippen LogP contribution is -2.47. The van der Waals surface area contributed by atoms with Gasteiger partial charge in [-0.05, 0) is 31.9 Å². The van der Waals surface area contributed by atoms with Gasteiger partial charge in [0.2, 0.25) is 0 Å². The Labute approximate surface area is 148 Å². The third-order valence-corrected chi connectivity index (χ3v) is 3.69. The number of amides is 3. The van der Waals surface area contributed by atoms with Gasteiger partial charge in [0.1, 0.15) is 6.04 Å². The van der Waals surface area contributed by atoms with E-state index >= 15 is 0 Å². The maximum Gasteiger partial charge on any atom is 0.329 e. The van der Waals surface area contributed by atoms with Gasteiger partial charge in [0.05, 0.1) is 0 Å². The van der Waals surface area contributed by atoms with Crippen molar-refractivity contribution in [3.05, 3.63) is 30.3 Å². The van der Waals surface area contributed by atoms with Gasteiger partial charge in [0.15, 0.2) is 6.61 Å². The normalized spacial score (nSPS) is 11.6. The van der Waals surface area contributed by atoms with E-state index in [0.717, 1.165) is 0 Å². The zero-order valence-corrected chi connectivity index (χ0v) is 15.2. The van der Waals surface area contributed by atoms with Crippen LogP contribution in [0.25, 0.3) is 0 Å². The standard InChI is InChI=1S/C18H27N3O4/c1-5-21(6-2)15(22)12-25-17(23)16(13(3)4)20-18(24)19-14-10-8-7-9-11-14/h7-11,13,16H,5-6,12H2,1-4H3,(H2,19,20,24)/t16-/m1/s1. The first-order chi connectivity index (χ1) is 11.9. The number of carbonyl (C=O) groups is 3. The van der Waals surface area contributed by atoms with E-state index in [2.05, 4.69) is 10.6 Å². The monoisotopic (exact) mass is 349 g/mol. The van der Waals surface area contributed by atoms with E-state index in [1.165, 1.54) is 0 Å². The van der Waals surface area contributed by atoms with Gasteiger partial charge in [-0.1, -0.05) is 32.0 Å². The lowest BCUT2D eigenvalue weighted by Gasteiger charge is -2.22. The highest BCUT2D eigenvalue weighted by molar-refractivity contribution is 5.93. The zero-order chi connectivity index (χ0) is 18.8. The minimum Gasteiger partial charge on any atom is -0.454 e. The minimum atomic E-state index is -0.840. The summed E-state index contributed by atoms with van der Waals surface area (Å²) in [6, 6.07) is 7.57. The molecule has 7 heteroatoms. The fourth-order valence-electron chi connectivity index (χ4n) is 2.22. The highest BCUT2D eigenvalue weighted by atomic mass is 16.5. The Hall–Kier alpha value is -2.57. The molecule has 1 rings (SSSR count). The zero-order valence-electron chi connectivity index (χ0n) is 15.2. The molecular weight excluding hydrogens is 322 g/mol. The first-order valence-corrected chi connectivity index (χ1v) is 8.46. The van der Waals surface area contributed by atoms with Crippen LogP contribution in [0, 0.1) is 5.92 Å². The molecule has 0 unspecified atom stereocenters. The van der Waals surface area contributed by atoms with E-state index in [9.17, 15) is 14.4 Å². The van der Waals surface area contributed by atoms with Crippen molar-refractivity contribution < 1.29 is 19.1 Å². The van der Waals surface area contributed by atoms with Gasteiger partial charge in [-0.2, -0.15) is 0 Å². The summed E-state index contributed by atoms with van der Waals surface area (Å²) in [5, 5.41) is 5.25. The second kappa shape index (κ2) is 10.3.